The number of amides is 1. The summed E-state index contributed by atoms with van der Waals surface area (Å²) >= 11 is 5.92. The number of halogens is 1. The molecule has 1 N–H and O–H groups in total. The van der Waals surface area contributed by atoms with Gasteiger partial charge in [-0.05, 0) is 23.8 Å². The number of likely N-dealkylation sites (N-methyl/N-ethyl adjacent to an activating group) is 1. The Bertz CT molecular complexity index is 872. The van der Waals surface area contributed by atoms with Crippen LogP contribution in [-0.2, 0) is 16.1 Å². The zero-order chi connectivity index (χ0) is 20.0. The van der Waals surface area contributed by atoms with Crippen molar-refractivity contribution in [3.8, 4) is 0 Å². The Labute approximate surface area is 160 Å². The SMILES string of the molecule is CNc1ccc([N+](=O)[O-])cc1C(=O)OCC(=O)N(C)Cc1cccc(Cl)c1. The number of nitro groups is 1. The molecule has 0 spiro atoms. The Kier molecular flexibility index (Phi) is 6.73. The molecule has 0 aliphatic rings. The lowest BCUT2D eigenvalue weighted by Crippen LogP contribution is -2.30. The second-order valence-electron chi connectivity index (χ2n) is 5.69. The van der Waals surface area contributed by atoms with Gasteiger partial charge in [-0.15, -0.1) is 0 Å². The van der Waals surface area contributed by atoms with Gasteiger partial charge in [0.2, 0.25) is 0 Å². The lowest BCUT2D eigenvalue weighted by Gasteiger charge is -2.17. The third-order valence-electron chi connectivity index (χ3n) is 3.76. The summed E-state index contributed by atoms with van der Waals surface area (Å²) < 4.78 is 5.03. The lowest BCUT2D eigenvalue weighted by atomic mass is 10.1. The Hall–Kier alpha value is -3.13. The average Bonchev–Trinajstić information content (AvgIpc) is 2.65. The maximum Gasteiger partial charge on any atom is 0.341 e. The number of nitrogens with one attached hydrogen (secondary N) is 1. The van der Waals surface area contributed by atoms with Gasteiger partial charge in [-0.25, -0.2) is 4.79 Å². The van der Waals surface area contributed by atoms with E-state index in [0.29, 0.717) is 17.3 Å². The molecule has 0 radical (unpaired) electrons. The summed E-state index contributed by atoms with van der Waals surface area (Å²) in [6.45, 7) is -0.183. The van der Waals surface area contributed by atoms with Crippen molar-refractivity contribution in [3.05, 3.63) is 68.7 Å². The second kappa shape index (κ2) is 9.00. The number of nitrogens with zero attached hydrogens (tertiary/aromatic N) is 2. The number of hydrogen-bond acceptors (Lipinski definition) is 6. The van der Waals surface area contributed by atoms with Gasteiger partial charge in [-0.2, -0.15) is 0 Å². The van der Waals surface area contributed by atoms with Crippen LogP contribution in [0.3, 0.4) is 0 Å². The summed E-state index contributed by atoms with van der Waals surface area (Å²) in [5.74, 6) is -1.24. The third kappa shape index (κ3) is 5.42. The van der Waals surface area contributed by atoms with E-state index in [-0.39, 0.29) is 11.3 Å². The number of ether oxygens (including phenoxy) is 1. The Morgan fingerprint density at radius 3 is 2.63 bits per heavy atom. The van der Waals surface area contributed by atoms with Crippen molar-refractivity contribution in [2.24, 2.45) is 0 Å². The summed E-state index contributed by atoms with van der Waals surface area (Å²) in [5, 5.41) is 14.2. The molecule has 2 aromatic carbocycles. The first-order chi connectivity index (χ1) is 12.8. The molecule has 0 saturated heterocycles. The number of carbonyl (C=O) groups excluding carboxylic acids is 2. The fourth-order valence-corrected chi connectivity index (χ4v) is 2.56. The highest BCUT2D eigenvalue weighted by atomic mass is 35.5. The number of benzene rings is 2. The van der Waals surface area contributed by atoms with Gasteiger partial charge in [0, 0.05) is 43.5 Å². The van der Waals surface area contributed by atoms with Gasteiger partial charge in [0.15, 0.2) is 6.61 Å². The monoisotopic (exact) mass is 391 g/mol. The van der Waals surface area contributed by atoms with E-state index in [4.69, 9.17) is 16.3 Å². The van der Waals surface area contributed by atoms with Crippen molar-refractivity contribution in [1.82, 2.24) is 4.90 Å². The van der Waals surface area contributed by atoms with Crippen LogP contribution in [0.1, 0.15) is 15.9 Å². The van der Waals surface area contributed by atoms with Crippen LogP contribution in [0.15, 0.2) is 42.5 Å². The van der Waals surface area contributed by atoms with Gasteiger partial charge in [-0.3, -0.25) is 14.9 Å². The first-order valence-corrected chi connectivity index (χ1v) is 8.31. The van der Waals surface area contributed by atoms with Crippen LogP contribution < -0.4 is 5.32 Å². The molecule has 0 aliphatic heterocycles. The topological polar surface area (TPSA) is 102 Å². The Morgan fingerprint density at radius 2 is 2.00 bits per heavy atom. The van der Waals surface area contributed by atoms with Crippen molar-refractivity contribution in [1.29, 1.82) is 0 Å². The lowest BCUT2D eigenvalue weighted by molar-refractivity contribution is -0.384. The van der Waals surface area contributed by atoms with Gasteiger partial charge in [-0.1, -0.05) is 23.7 Å². The molecule has 0 fully saturated rings. The quantitative estimate of drug-likeness (QED) is 0.442. The summed E-state index contributed by atoms with van der Waals surface area (Å²) in [6.07, 6.45) is 0. The molecule has 0 unspecified atom stereocenters. The van der Waals surface area contributed by atoms with Gasteiger partial charge < -0.3 is 15.0 Å². The number of hydrogen-bond donors (Lipinski definition) is 1. The maximum atomic E-state index is 12.3. The van der Waals surface area contributed by atoms with Crippen LogP contribution >= 0.6 is 11.6 Å². The van der Waals surface area contributed by atoms with E-state index in [1.807, 2.05) is 6.07 Å². The van der Waals surface area contributed by atoms with E-state index in [1.54, 1.807) is 32.3 Å². The van der Waals surface area contributed by atoms with E-state index in [9.17, 15) is 19.7 Å². The number of rotatable bonds is 7. The fraction of sp³-hybridized carbons (Fsp3) is 0.222. The van der Waals surface area contributed by atoms with Crippen LogP contribution in [0.5, 0.6) is 0 Å². The zero-order valence-electron chi connectivity index (χ0n) is 14.8. The maximum absolute atomic E-state index is 12.3. The summed E-state index contributed by atoms with van der Waals surface area (Å²) in [6, 6.07) is 10.8. The van der Waals surface area contributed by atoms with Gasteiger partial charge in [0.05, 0.1) is 10.5 Å². The standard InChI is InChI=1S/C18H18ClN3O5/c1-20-16-7-6-14(22(25)26)9-15(16)18(24)27-11-17(23)21(2)10-12-4-3-5-13(19)8-12/h3-9,20H,10-11H2,1-2H3. The first kappa shape index (κ1) is 20.2. The highest BCUT2D eigenvalue weighted by molar-refractivity contribution is 6.30. The molecule has 1 amide bonds. The third-order valence-corrected chi connectivity index (χ3v) is 4.00. The molecule has 0 heterocycles. The fourth-order valence-electron chi connectivity index (χ4n) is 2.35. The predicted molar refractivity (Wildman–Crippen MR) is 101 cm³/mol. The summed E-state index contributed by atoms with van der Waals surface area (Å²) in [7, 11) is 3.14. The van der Waals surface area contributed by atoms with Crippen molar-refractivity contribution >= 4 is 34.9 Å². The van der Waals surface area contributed by atoms with Crippen LogP contribution in [0.4, 0.5) is 11.4 Å². The van der Waals surface area contributed by atoms with E-state index in [2.05, 4.69) is 5.32 Å². The van der Waals surface area contributed by atoms with Crippen LogP contribution in [0.2, 0.25) is 5.02 Å². The molecule has 0 saturated carbocycles. The van der Waals surface area contributed by atoms with E-state index >= 15 is 0 Å². The van der Waals surface area contributed by atoms with Crippen molar-refractivity contribution in [2.75, 3.05) is 26.0 Å². The normalized spacial score (nSPS) is 10.2. The molecule has 9 heteroatoms. The number of nitro benzene ring substituents is 1. The van der Waals surface area contributed by atoms with Crippen LogP contribution in [0.25, 0.3) is 0 Å². The molecular weight excluding hydrogens is 374 g/mol. The predicted octanol–water partition coefficient (Wildman–Crippen LogP) is 3.11. The van der Waals surface area contributed by atoms with Crippen molar-refractivity contribution < 1.29 is 19.2 Å². The number of non-ortho nitro benzene ring substituents is 1. The molecule has 27 heavy (non-hydrogen) atoms. The Morgan fingerprint density at radius 1 is 1.26 bits per heavy atom. The Balaban J connectivity index is 2.01. The molecule has 0 aromatic heterocycles. The van der Waals surface area contributed by atoms with E-state index < -0.39 is 23.4 Å². The average molecular weight is 392 g/mol. The van der Waals surface area contributed by atoms with E-state index in [1.165, 1.54) is 17.0 Å². The molecule has 2 aromatic rings. The molecule has 0 bridgehead atoms. The van der Waals surface area contributed by atoms with Crippen molar-refractivity contribution in [2.45, 2.75) is 6.54 Å². The van der Waals surface area contributed by atoms with Crippen molar-refractivity contribution in [3.63, 3.8) is 0 Å². The van der Waals surface area contributed by atoms with Gasteiger partial charge >= 0.3 is 5.97 Å². The molecule has 2 rings (SSSR count). The summed E-state index contributed by atoms with van der Waals surface area (Å²) in [4.78, 5) is 36.1. The highest BCUT2D eigenvalue weighted by Crippen LogP contribution is 2.22. The smallest absolute Gasteiger partial charge is 0.341 e. The first-order valence-electron chi connectivity index (χ1n) is 7.93. The highest BCUT2D eigenvalue weighted by Gasteiger charge is 2.19. The van der Waals surface area contributed by atoms with Crippen LogP contribution in [0, 0.1) is 10.1 Å². The van der Waals surface area contributed by atoms with Gasteiger partial charge in [0.25, 0.3) is 11.6 Å². The minimum absolute atomic E-state index is 0.0167. The minimum Gasteiger partial charge on any atom is -0.452 e. The second-order valence-corrected chi connectivity index (χ2v) is 6.13. The van der Waals surface area contributed by atoms with Crippen LogP contribution in [-0.4, -0.2) is 42.4 Å². The largest absolute Gasteiger partial charge is 0.452 e. The van der Waals surface area contributed by atoms with E-state index in [0.717, 1.165) is 11.6 Å². The van der Waals surface area contributed by atoms with Gasteiger partial charge in [0.1, 0.15) is 0 Å². The molecular formula is C18H18ClN3O5. The molecule has 0 atom stereocenters. The number of anilines is 1. The number of carbonyl (C=O) groups is 2. The molecule has 0 aliphatic carbocycles. The summed E-state index contributed by atoms with van der Waals surface area (Å²) in [5.41, 5.74) is 0.938. The molecule has 8 nitrogen and oxygen atoms in total. The zero-order valence-corrected chi connectivity index (χ0v) is 15.5. The minimum atomic E-state index is -0.826. The number of esters is 1. The molecule has 142 valence electrons.